The van der Waals surface area contributed by atoms with Crippen LogP contribution in [0.1, 0.15) is 51.8 Å². The zero-order valence-electron chi connectivity index (χ0n) is 18.7. The third-order valence-corrected chi connectivity index (χ3v) is 7.43. The average molecular weight is 452 g/mol. The maximum atomic E-state index is 13.5. The van der Waals surface area contributed by atoms with Crippen LogP contribution in [0, 0.1) is 16.0 Å². The highest BCUT2D eigenvalue weighted by molar-refractivity contribution is 6.07. The number of rotatable bonds is 3. The highest BCUT2D eigenvalue weighted by atomic mass is 16.6. The standard InChI is InChI=1S/C28H25N3O3/c32-28(30-16-4-6-18-5-1-2-9-26(18)30)20-12-15-25-24(17-20)22-7-3-8-23(22)27(29-25)19-10-13-21(14-11-19)31(33)34/h1-3,5,7,9-15,17,22-23,27,29H,4,6,8,16H2/t22-,23+,27+/m0/s1. The summed E-state index contributed by atoms with van der Waals surface area (Å²) in [7, 11) is 0. The predicted octanol–water partition coefficient (Wildman–Crippen LogP) is 6.01. The second-order valence-electron chi connectivity index (χ2n) is 9.32. The molecule has 1 amide bonds. The molecule has 0 radical (unpaired) electrons. The summed E-state index contributed by atoms with van der Waals surface area (Å²) in [4.78, 5) is 26.1. The molecule has 0 aromatic heterocycles. The monoisotopic (exact) mass is 451 g/mol. The maximum absolute atomic E-state index is 13.5. The summed E-state index contributed by atoms with van der Waals surface area (Å²) < 4.78 is 0. The van der Waals surface area contributed by atoms with Crippen LogP contribution in [0.25, 0.3) is 0 Å². The van der Waals surface area contributed by atoms with E-state index in [1.54, 1.807) is 12.1 Å². The van der Waals surface area contributed by atoms with Crippen LogP contribution in [0.4, 0.5) is 17.1 Å². The fourth-order valence-electron chi connectivity index (χ4n) is 5.76. The number of allylic oxidation sites excluding steroid dienone is 2. The number of carbonyl (C=O) groups excluding carboxylic acids is 1. The van der Waals surface area contributed by atoms with Crippen LogP contribution in [0.2, 0.25) is 0 Å². The zero-order valence-corrected chi connectivity index (χ0v) is 18.7. The molecule has 0 unspecified atom stereocenters. The molecule has 3 aromatic carbocycles. The largest absolute Gasteiger partial charge is 0.378 e. The Labute approximate surface area is 198 Å². The molecule has 0 saturated heterocycles. The highest BCUT2D eigenvalue weighted by Gasteiger charge is 2.38. The summed E-state index contributed by atoms with van der Waals surface area (Å²) in [5, 5.41) is 14.7. The van der Waals surface area contributed by atoms with Crippen molar-refractivity contribution >= 4 is 23.0 Å². The number of amides is 1. The summed E-state index contributed by atoms with van der Waals surface area (Å²) in [6, 6.07) is 21.1. The van der Waals surface area contributed by atoms with Gasteiger partial charge in [-0.2, -0.15) is 0 Å². The topological polar surface area (TPSA) is 75.5 Å². The number of para-hydroxylation sites is 1. The van der Waals surface area contributed by atoms with E-state index in [1.165, 1.54) is 5.56 Å². The summed E-state index contributed by atoms with van der Waals surface area (Å²) >= 11 is 0. The van der Waals surface area contributed by atoms with Gasteiger partial charge in [0.1, 0.15) is 0 Å². The Morgan fingerprint density at radius 2 is 1.88 bits per heavy atom. The first kappa shape index (κ1) is 20.7. The fraction of sp³-hybridized carbons (Fsp3) is 0.250. The predicted molar refractivity (Wildman–Crippen MR) is 132 cm³/mol. The Morgan fingerprint density at radius 1 is 1.06 bits per heavy atom. The van der Waals surface area contributed by atoms with Gasteiger partial charge in [0, 0.05) is 41.5 Å². The molecule has 6 nitrogen and oxygen atoms in total. The van der Waals surface area contributed by atoms with E-state index >= 15 is 0 Å². The Bertz CT molecular complexity index is 1310. The normalized spacial score (nSPS) is 22.4. The molecule has 0 bridgehead atoms. The van der Waals surface area contributed by atoms with Gasteiger partial charge >= 0.3 is 0 Å². The molecule has 1 N–H and O–H groups in total. The van der Waals surface area contributed by atoms with Crippen molar-refractivity contribution in [1.82, 2.24) is 0 Å². The maximum Gasteiger partial charge on any atom is 0.269 e. The summed E-state index contributed by atoms with van der Waals surface area (Å²) in [5.74, 6) is 0.554. The van der Waals surface area contributed by atoms with E-state index in [0.29, 0.717) is 11.5 Å². The number of anilines is 2. The van der Waals surface area contributed by atoms with Gasteiger partial charge in [-0.15, -0.1) is 0 Å². The Kier molecular flexibility index (Phi) is 4.94. The number of hydrogen-bond acceptors (Lipinski definition) is 4. The van der Waals surface area contributed by atoms with Crippen molar-refractivity contribution < 1.29 is 9.72 Å². The van der Waals surface area contributed by atoms with E-state index < -0.39 is 0 Å². The van der Waals surface area contributed by atoms with Crippen LogP contribution in [-0.2, 0) is 6.42 Å². The third kappa shape index (κ3) is 3.37. The number of aryl methyl sites for hydroxylation is 1. The molecular weight excluding hydrogens is 426 g/mol. The number of non-ortho nitro benzene ring substituents is 1. The number of nitrogens with one attached hydrogen (secondary N) is 1. The van der Waals surface area contributed by atoms with Gasteiger partial charge in [0.05, 0.1) is 11.0 Å². The molecule has 34 heavy (non-hydrogen) atoms. The lowest BCUT2D eigenvalue weighted by atomic mass is 9.76. The van der Waals surface area contributed by atoms with Gasteiger partial charge in [0.25, 0.3) is 11.6 Å². The van der Waals surface area contributed by atoms with Gasteiger partial charge in [-0.25, -0.2) is 0 Å². The molecule has 1 aliphatic carbocycles. The smallest absolute Gasteiger partial charge is 0.269 e. The second kappa shape index (κ2) is 8.13. The Morgan fingerprint density at radius 3 is 2.71 bits per heavy atom. The second-order valence-corrected chi connectivity index (χ2v) is 9.32. The van der Waals surface area contributed by atoms with Gasteiger partial charge in [0.15, 0.2) is 0 Å². The number of fused-ring (bicyclic) bond motifs is 4. The summed E-state index contributed by atoms with van der Waals surface area (Å²) in [5.41, 5.74) is 6.27. The van der Waals surface area contributed by atoms with Gasteiger partial charge in [-0.1, -0.05) is 42.5 Å². The molecule has 2 heterocycles. The minimum absolute atomic E-state index is 0.0472. The first-order valence-corrected chi connectivity index (χ1v) is 11.8. The minimum atomic E-state index is -0.368. The van der Waals surface area contributed by atoms with E-state index in [4.69, 9.17) is 0 Å². The molecule has 0 spiro atoms. The Hall–Kier alpha value is -3.93. The van der Waals surface area contributed by atoms with Gasteiger partial charge < -0.3 is 10.2 Å². The van der Waals surface area contributed by atoms with Crippen LogP contribution in [-0.4, -0.2) is 17.4 Å². The molecule has 2 aliphatic heterocycles. The number of nitro groups is 1. The first-order chi connectivity index (χ1) is 16.6. The molecule has 6 heteroatoms. The van der Waals surface area contributed by atoms with Crippen LogP contribution in [0.15, 0.2) is 78.9 Å². The lowest BCUT2D eigenvalue weighted by Gasteiger charge is -2.38. The van der Waals surface area contributed by atoms with E-state index in [9.17, 15) is 14.9 Å². The molecule has 6 rings (SSSR count). The van der Waals surface area contributed by atoms with E-state index in [0.717, 1.165) is 48.3 Å². The van der Waals surface area contributed by atoms with Crippen LogP contribution in [0.3, 0.4) is 0 Å². The van der Waals surface area contributed by atoms with Crippen molar-refractivity contribution in [1.29, 1.82) is 0 Å². The molecule has 3 aliphatic rings. The first-order valence-electron chi connectivity index (χ1n) is 11.8. The number of nitro benzene ring substituents is 1. The molecular formula is C28H25N3O3. The van der Waals surface area contributed by atoms with Crippen molar-refractivity contribution in [3.63, 3.8) is 0 Å². The number of benzene rings is 3. The average Bonchev–Trinajstić information content (AvgIpc) is 3.38. The van der Waals surface area contributed by atoms with Gasteiger partial charge in [-0.05, 0) is 66.1 Å². The third-order valence-electron chi connectivity index (χ3n) is 7.43. The number of nitrogens with zero attached hydrogens (tertiary/aromatic N) is 2. The fourth-order valence-corrected chi connectivity index (χ4v) is 5.76. The van der Waals surface area contributed by atoms with E-state index in [2.05, 4.69) is 29.6 Å². The molecule has 3 aromatic rings. The zero-order chi connectivity index (χ0) is 23.2. The summed E-state index contributed by atoms with van der Waals surface area (Å²) in [6.45, 7) is 0.735. The van der Waals surface area contributed by atoms with E-state index in [-0.39, 0.29) is 28.5 Å². The Balaban J connectivity index is 1.32. The van der Waals surface area contributed by atoms with Gasteiger partial charge in [0.2, 0.25) is 0 Å². The molecule has 3 atom stereocenters. The van der Waals surface area contributed by atoms with Gasteiger partial charge in [-0.3, -0.25) is 14.9 Å². The molecule has 0 saturated carbocycles. The molecule has 0 fully saturated rings. The van der Waals surface area contributed by atoms with Crippen molar-refractivity contribution in [2.24, 2.45) is 5.92 Å². The molecule has 170 valence electrons. The lowest BCUT2D eigenvalue weighted by Crippen LogP contribution is -2.36. The quantitative estimate of drug-likeness (QED) is 0.300. The summed E-state index contributed by atoms with van der Waals surface area (Å²) in [6.07, 6.45) is 7.36. The van der Waals surface area contributed by atoms with Crippen molar-refractivity contribution in [2.45, 2.75) is 31.2 Å². The van der Waals surface area contributed by atoms with E-state index in [1.807, 2.05) is 47.4 Å². The van der Waals surface area contributed by atoms with Crippen LogP contribution in [0.5, 0.6) is 0 Å². The number of hydrogen-bond donors (Lipinski definition) is 1. The van der Waals surface area contributed by atoms with Crippen molar-refractivity contribution in [3.05, 3.63) is 111 Å². The SMILES string of the molecule is O=C(c1ccc2c(c1)[C@H]1C=CC[C@H]1[C@@H](c1ccc([N+](=O)[O-])cc1)N2)N1CCCc2ccccc21. The number of carbonyl (C=O) groups is 1. The highest BCUT2D eigenvalue weighted by Crippen LogP contribution is 2.50. The lowest BCUT2D eigenvalue weighted by molar-refractivity contribution is -0.384. The minimum Gasteiger partial charge on any atom is -0.378 e. The van der Waals surface area contributed by atoms with Crippen molar-refractivity contribution in [3.8, 4) is 0 Å². The van der Waals surface area contributed by atoms with Crippen LogP contribution < -0.4 is 10.2 Å². The van der Waals surface area contributed by atoms with Crippen LogP contribution >= 0.6 is 0 Å². The van der Waals surface area contributed by atoms with Crippen molar-refractivity contribution in [2.75, 3.05) is 16.8 Å².